The quantitative estimate of drug-likeness (QED) is 0.514. The molecule has 1 heterocycles. The molecule has 0 spiro atoms. The molecule has 0 aromatic rings. The number of aliphatic hydroxyl groups is 4. The minimum Gasteiger partial charge on any atom is -0.459 e. The molecular weight excluding hydrogens is 384 g/mol. The Labute approximate surface area is 178 Å². The van der Waals surface area contributed by atoms with Crippen molar-refractivity contribution in [3.05, 3.63) is 72.9 Å². The van der Waals surface area contributed by atoms with Gasteiger partial charge in [-0.3, -0.25) is 0 Å². The Balaban J connectivity index is 2.82. The highest BCUT2D eigenvalue weighted by molar-refractivity contribution is 5.82. The van der Waals surface area contributed by atoms with Gasteiger partial charge in [0.25, 0.3) is 0 Å². The summed E-state index contributed by atoms with van der Waals surface area (Å²) in [5.74, 6) is -0.485. The van der Waals surface area contributed by atoms with Crippen LogP contribution in [0.1, 0.15) is 39.0 Å². The van der Waals surface area contributed by atoms with E-state index in [0.717, 1.165) is 0 Å². The molecule has 1 aliphatic rings. The summed E-state index contributed by atoms with van der Waals surface area (Å²) >= 11 is 0. The van der Waals surface area contributed by atoms with Crippen LogP contribution in [-0.4, -0.2) is 56.9 Å². The van der Waals surface area contributed by atoms with E-state index in [9.17, 15) is 25.2 Å². The van der Waals surface area contributed by atoms with Gasteiger partial charge in [-0.2, -0.15) is 0 Å². The molecule has 0 bridgehead atoms. The summed E-state index contributed by atoms with van der Waals surface area (Å²) in [6.45, 7) is 1.65. The lowest BCUT2D eigenvalue weighted by Crippen LogP contribution is -2.21. The fraction of sp³-hybridized carbons (Fsp3) is 0.458. The van der Waals surface area contributed by atoms with Crippen molar-refractivity contribution >= 4 is 5.97 Å². The van der Waals surface area contributed by atoms with Crippen molar-refractivity contribution in [3.8, 4) is 0 Å². The van der Waals surface area contributed by atoms with Gasteiger partial charge in [0.05, 0.1) is 24.4 Å². The molecule has 5 atom stereocenters. The summed E-state index contributed by atoms with van der Waals surface area (Å²) in [6, 6.07) is 0. The lowest BCUT2D eigenvalue weighted by Gasteiger charge is -2.16. The van der Waals surface area contributed by atoms with Crippen LogP contribution in [0.4, 0.5) is 0 Å². The molecule has 0 amide bonds. The summed E-state index contributed by atoms with van der Waals surface area (Å²) in [7, 11) is 0. The zero-order valence-corrected chi connectivity index (χ0v) is 17.5. The molecule has 0 aliphatic carbocycles. The average molecular weight is 419 g/mol. The fourth-order valence-corrected chi connectivity index (χ4v) is 2.85. The molecule has 30 heavy (non-hydrogen) atoms. The van der Waals surface area contributed by atoms with Gasteiger partial charge in [-0.25, -0.2) is 4.79 Å². The third-order valence-corrected chi connectivity index (χ3v) is 4.26. The smallest absolute Gasteiger partial charge is 0.331 e. The number of aliphatic hydroxyl groups excluding tert-OH is 4. The highest BCUT2D eigenvalue weighted by Gasteiger charge is 2.15. The van der Waals surface area contributed by atoms with E-state index >= 15 is 0 Å². The molecule has 166 valence electrons. The maximum Gasteiger partial charge on any atom is 0.331 e. The molecule has 0 saturated carbocycles. The molecule has 1 rings (SSSR count). The van der Waals surface area contributed by atoms with Gasteiger partial charge in [0.1, 0.15) is 6.10 Å². The van der Waals surface area contributed by atoms with Crippen molar-refractivity contribution in [2.45, 2.75) is 69.5 Å². The summed E-state index contributed by atoms with van der Waals surface area (Å²) in [4.78, 5) is 12.0. The SMILES string of the molecule is CC(O)CC1CC=CC=CC=CC(O)CC(O)CC(O)CC=CC=CC=CC(=O)O1. The number of ether oxygens (including phenoxy) is 1. The van der Waals surface area contributed by atoms with Gasteiger partial charge in [0.2, 0.25) is 0 Å². The highest BCUT2D eigenvalue weighted by Crippen LogP contribution is 2.11. The van der Waals surface area contributed by atoms with Crippen LogP contribution < -0.4 is 0 Å². The van der Waals surface area contributed by atoms with E-state index in [4.69, 9.17) is 4.74 Å². The van der Waals surface area contributed by atoms with Gasteiger partial charge in [-0.1, -0.05) is 66.8 Å². The Kier molecular flexibility index (Phi) is 13.4. The predicted octanol–water partition coefficient (Wildman–Crippen LogP) is 2.66. The Morgan fingerprint density at radius 2 is 1.53 bits per heavy atom. The van der Waals surface area contributed by atoms with E-state index in [1.54, 1.807) is 67.7 Å². The summed E-state index contributed by atoms with van der Waals surface area (Å²) in [6.07, 6.45) is 18.3. The highest BCUT2D eigenvalue weighted by atomic mass is 16.5. The first kappa shape index (κ1) is 25.8. The molecule has 0 radical (unpaired) electrons. The molecule has 6 nitrogen and oxygen atoms in total. The first-order valence-electron chi connectivity index (χ1n) is 10.3. The minimum absolute atomic E-state index is 0.151. The second-order valence-electron chi connectivity index (χ2n) is 7.33. The Morgan fingerprint density at radius 1 is 0.900 bits per heavy atom. The van der Waals surface area contributed by atoms with Gasteiger partial charge in [0.15, 0.2) is 0 Å². The minimum atomic E-state index is -0.807. The van der Waals surface area contributed by atoms with E-state index in [1.807, 2.05) is 6.08 Å². The second kappa shape index (κ2) is 15.6. The molecule has 0 fully saturated rings. The van der Waals surface area contributed by atoms with Crippen molar-refractivity contribution < 1.29 is 30.0 Å². The molecule has 0 aromatic heterocycles. The zero-order chi connectivity index (χ0) is 22.2. The van der Waals surface area contributed by atoms with Crippen LogP contribution in [0.3, 0.4) is 0 Å². The predicted molar refractivity (Wildman–Crippen MR) is 118 cm³/mol. The molecule has 0 aromatic carbocycles. The van der Waals surface area contributed by atoms with Crippen molar-refractivity contribution in [1.82, 2.24) is 0 Å². The molecule has 0 saturated heterocycles. The monoisotopic (exact) mass is 418 g/mol. The summed E-state index contributed by atoms with van der Waals surface area (Å²) < 4.78 is 5.40. The second-order valence-corrected chi connectivity index (χ2v) is 7.33. The van der Waals surface area contributed by atoms with Gasteiger partial charge in [-0.05, 0) is 19.8 Å². The number of esters is 1. The Hall–Kier alpha value is -2.25. The van der Waals surface area contributed by atoms with E-state index in [1.165, 1.54) is 6.08 Å². The molecule has 6 heteroatoms. The Morgan fingerprint density at radius 3 is 2.23 bits per heavy atom. The van der Waals surface area contributed by atoms with Crippen LogP contribution in [0.2, 0.25) is 0 Å². The maximum absolute atomic E-state index is 12.0. The topological polar surface area (TPSA) is 107 Å². The number of cyclic esters (lactones) is 1. The van der Waals surface area contributed by atoms with Crippen LogP contribution in [-0.2, 0) is 9.53 Å². The normalized spacial score (nSPS) is 28.5. The van der Waals surface area contributed by atoms with Crippen LogP contribution >= 0.6 is 0 Å². The number of carbonyl (C=O) groups excluding carboxylic acids is 1. The average Bonchev–Trinajstić information content (AvgIpc) is 2.64. The third kappa shape index (κ3) is 13.8. The van der Waals surface area contributed by atoms with Crippen LogP contribution in [0, 0.1) is 0 Å². The first-order chi connectivity index (χ1) is 14.4. The zero-order valence-electron chi connectivity index (χ0n) is 17.5. The van der Waals surface area contributed by atoms with Crippen molar-refractivity contribution in [3.63, 3.8) is 0 Å². The van der Waals surface area contributed by atoms with Gasteiger partial charge in [0, 0.05) is 25.3 Å². The van der Waals surface area contributed by atoms with E-state index in [-0.39, 0.29) is 12.8 Å². The van der Waals surface area contributed by atoms with E-state index in [2.05, 4.69) is 0 Å². The Bertz CT molecular complexity index is 657. The summed E-state index contributed by atoms with van der Waals surface area (Å²) in [5.41, 5.74) is 0. The van der Waals surface area contributed by atoms with Gasteiger partial charge in [-0.15, -0.1) is 0 Å². The fourth-order valence-electron chi connectivity index (χ4n) is 2.85. The third-order valence-electron chi connectivity index (χ3n) is 4.26. The number of hydrogen-bond donors (Lipinski definition) is 4. The van der Waals surface area contributed by atoms with Crippen molar-refractivity contribution in [2.75, 3.05) is 0 Å². The van der Waals surface area contributed by atoms with Crippen molar-refractivity contribution in [2.24, 2.45) is 0 Å². The van der Waals surface area contributed by atoms with Gasteiger partial charge >= 0.3 is 5.97 Å². The van der Waals surface area contributed by atoms with Crippen LogP contribution in [0.5, 0.6) is 0 Å². The van der Waals surface area contributed by atoms with Crippen molar-refractivity contribution in [1.29, 1.82) is 0 Å². The summed E-state index contributed by atoms with van der Waals surface area (Å²) in [5, 5.41) is 39.5. The van der Waals surface area contributed by atoms with E-state index < -0.39 is 36.5 Å². The molecule has 5 unspecified atom stereocenters. The van der Waals surface area contributed by atoms with E-state index in [0.29, 0.717) is 19.3 Å². The first-order valence-corrected chi connectivity index (χ1v) is 10.3. The van der Waals surface area contributed by atoms with Gasteiger partial charge < -0.3 is 25.2 Å². The maximum atomic E-state index is 12.0. The molecule has 4 N–H and O–H groups in total. The number of allylic oxidation sites excluding steroid dienone is 8. The number of rotatable bonds is 2. The lowest BCUT2D eigenvalue weighted by molar-refractivity contribution is -0.144. The molecule has 1 aliphatic heterocycles. The van der Waals surface area contributed by atoms with Crippen LogP contribution in [0.25, 0.3) is 0 Å². The number of carbonyl (C=O) groups is 1. The molecular formula is C24H34O6. The number of hydrogen-bond acceptors (Lipinski definition) is 6. The lowest BCUT2D eigenvalue weighted by atomic mass is 10.0. The largest absolute Gasteiger partial charge is 0.459 e. The van der Waals surface area contributed by atoms with Crippen LogP contribution in [0.15, 0.2) is 72.9 Å². The standard InChI is InChI=1S/C24H34O6/c1-19(25)16-23-14-10-6-2-4-8-12-20(26)17-22(28)18-21(27)13-9-5-3-7-11-15-24(29)30-23/h2-12,15,19-23,25-28H,13-14,16-18H2,1H3.